The Bertz CT molecular complexity index is 424. The van der Waals surface area contributed by atoms with E-state index < -0.39 is 0 Å². The summed E-state index contributed by atoms with van der Waals surface area (Å²) in [7, 11) is 0. The normalized spacial score (nSPS) is 10.9. The first kappa shape index (κ1) is 17.9. The SMILES string of the molecule is CCCCCCCCCCOc1cc(C)c(O)c(C)c1C. The molecule has 0 aliphatic rings. The Hall–Kier alpha value is -1.18. The molecule has 120 valence electrons. The summed E-state index contributed by atoms with van der Waals surface area (Å²) in [6.07, 6.45) is 10.5. The van der Waals surface area contributed by atoms with Gasteiger partial charge in [-0.3, -0.25) is 0 Å². The molecule has 2 nitrogen and oxygen atoms in total. The molecule has 0 aliphatic carbocycles. The van der Waals surface area contributed by atoms with Gasteiger partial charge in [0.1, 0.15) is 11.5 Å². The van der Waals surface area contributed by atoms with Crippen LogP contribution >= 0.6 is 0 Å². The Kier molecular flexibility index (Phi) is 8.26. The fourth-order valence-corrected chi connectivity index (χ4v) is 2.60. The van der Waals surface area contributed by atoms with E-state index >= 15 is 0 Å². The molecular formula is C19H32O2. The van der Waals surface area contributed by atoms with Gasteiger partial charge in [0, 0.05) is 0 Å². The van der Waals surface area contributed by atoms with Crippen LogP contribution < -0.4 is 4.74 Å². The second kappa shape index (κ2) is 9.70. The van der Waals surface area contributed by atoms with Gasteiger partial charge in [-0.15, -0.1) is 0 Å². The van der Waals surface area contributed by atoms with Crippen LogP contribution in [-0.4, -0.2) is 11.7 Å². The lowest BCUT2D eigenvalue weighted by atomic mass is 10.0. The Morgan fingerprint density at radius 2 is 1.43 bits per heavy atom. The maximum atomic E-state index is 9.89. The van der Waals surface area contributed by atoms with Crippen LogP contribution in [-0.2, 0) is 0 Å². The standard InChI is InChI=1S/C19H32O2/c1-5-6-7-8-9-10-11-12-13-21-18-14-15(2)19(20)17(4)16(18)3/h14,20H,5-13H2,1-4H3. The molecule has 0 fully saturated rings. The van der Waals surface area contributed by atoms with Gasteiger partial charge in [-0.05, 0) is 49.9 Å². The van der Waals surface area contributed by atoms with Crippen molar-refractivity contribution in [3.05, 3.63) is 22.8 Å². The molecule has 0 atom stereocenters. The molecule has 0 spiro atoms. The molecule has 0 bridgehead atoms. The number of aryl methyl sites for hydroxylation is 1. The van der Waals surface area contributed by atoms with Crippen LogP contribution in [0, 0.1) is 20.8 Å². The van der Waals surface area contributed by atoms with Crippen LogP contribution in [0.3, 0.4) is 0 Å². The minimum atomic E-state index is 0.395. The number of phenolic OH excluding ortho intramolecular Hbond substituents is 1. The zero-order chi connectivity index (χ0) is 15.7. The van der Waals surface area contributed by atoms with Crippen LogP contribution in [0.5, 0.6) is 11.5 Å². The summed E-state index contributed by atoms with van der Waals surface area (Å²) >= 11 is 0. The third-order valence-corrected chi connectivity index (χ3v) is 4.26. The van der Waals surface area contributed by atoms with E-state index in [1.165, 1.54) is 44.9 Å². The molecule has 1 rings (SSSR count). The van der Waals surface area contributed by atoms with Crippen molar-refractivity contribution in [1.29, 1.82) is 0 Å². The third kappa shape index (κ3) is 5.99. The largest absolute Gasteiger partial charge is 0.507 e. The van der Waals surface area contributed by atoms with Crippen molar-refractivity contribution in [2.24, 2.45) is 0 Å². The lowest BCUT2D eigenvalue weighted by Crippen LogP contribution is -2.01. The molecular weight excluding hydrogens is 260 g/mol. The number of hydrogen-bond acceptors (Lipinski definition) is 2. The fourth-order valence-electron chi connectivity index (χ4n) is 2.60. The second-order valence-electron chi connectivity index (χ2n) is 6.11. The smallest absolute Gasteiger partial charge is 0.122 e. The maximum Gasteiger partial charge on any atom is 0.122 e. The Balaban J connectivity index is 2.22. The first-order chi connectivity index (χ1) is 10.1. The van der Waals surface area contributed by atoms with Gasteiger partial charge in [-0.2, -0.15) is 0 Å². The van der Waals surface area contributed by atoms with Crippen LogP contribution in [0.2, 0.25) is 0 Å². The van der Waals surface area contributed by atoms with E-state index in [2.05, 4.69) is 6.92 Å². The van der Waals surface area contributed by atoms with E-state index in [-0.39, 0.29) is 0 Å². The summed E-state index contributed by atoms with van der Waals surface area (Å²) < 4.78 is 5.89. The first-order valence-corrected chi connectivity index (χ1v) is 8.50. The number of benzene rings is 1. The van der Waals surface area contributed by atoms with Crippen LogP contribution in [0.15, 0.2) is 6.07 Å². The van der Waals surface area contributed by atoms with Gasteiger partial charge in [0.2, 0.25) is 0 Å². The summed E-state index contributed by atoms with van der Waals surface area (Å²) in [4.78, 5) is 0. The molecule has 1 aromatic carbocycles. The molecule has 0 amide bonds. The quantitative estimate of drug-likeness (QED) is 0.549. The van der Waals surface area contributed by atoms with Gasteiger partial charge < -0.3 is 9.84 Å². The van der Waals surface area contributed by atoms with Crippen molar-refractivity contribution >= 4 is 0 Å². The molecule has 0 radical (unpaired) electrons. The van der Waals surface area contributed by atoms with Crippen molar-refractivity contribution in [3.63, 3.8) is 0 Å². The van der Waals surface area contributed by atoms with E-state index in [1.807, 2.05) is 26.8 Å². The molecule has 1 N–H and O–H groups in total. The van der Waals surface area contributed by atoms with Gasteiger partial charge in [0.05, 0.1) is 6.61 Å². The van der Waals surface area contributed by atoms with Gasteiger partial charge in [0.15, 0.2) is 0 Å². The minimum Gasteiger partial charge on any atom is -0.507 e. The predicted octanol–water partition coefficient (Wildman–Crippen LogP) is 5.84. The molecule has 0 aromatic heterocycles. The highest BCUT2D eigenvalue weighted by Crippen LogP contribution is 2.32. The predicted molar refractivity (Wildman–Crippen MR) is 90.4 cm³/mol. The topological polar surface area (TPSA) is 29.5 Å². The zero-order valence-corrected chi connectivity index (χ0v) is 14.3. The van der Waals surface area contributed by atoms with Gasteiger partial charge >= 0.3 is 0 Å². The van der Waals surface area contributed by atoms with E-state index in [1.54, 1.807) is 0 Å². The average Bonchev–Trinajstić information content (AvgIpc) is 2.48. The van der Waals surface area contributed by atoms with Gasteiger partial charge in [-0.25, -0.2) is 0 Å². The molecule has 0 unspecified atom stereocenters. The average molecular weight is 292 g/mol. The van der Waals surface area contributed by atoms with E-state index in [4.69, 9.17) is 4.74 Å². The van der Waals surface area contributed by atoms with Crippen LogP contribution in [0.25, 0.3) is 0 Å². The van der Waals surface area contributed by atoms with E-state index in [0.717, 1.165) is 35.5 Å². The van der Waals surface area contributed by atoms with Crippen LogP contribution in [0.1, 0.15) is 75.0 Å². The summed E-state index contributed by atoms with van der Waals surface area (Å²) in [5, 5.41) is 9.89. The number of phenols is 1. The lowest BCUT2D eigenvalue weighted by Gasteiger charge is -2.14. The number of aromatic hydroxyl groups is 1. The van der Waals surface area contributed by atoms with Crippen molar-refractivity contribution in [2.45, 2.75) is 79.1 Å². The van der Waals surface area contributed by atoms with E-state index in [9.17, 15) is 5.11 Å². The van der Waals surface area contributed by atoms with Gasteiger partial charge in [-0.1, -0.05) is 51.9 Å². The van der Waals surface area contributed by atoms with Gasteiger partial charge in [0.25, 0.3) is 0 Å². The maximum absolute atomic E-state index is 9.89. The Morgan fingerprint density at radius 3 is 2.05 bits per heavy atom. The summed E-state index contributed by atoms with van der Waals surface area (Å²) in [5.74, 6) is 1.32. The highest BCUT2D eigenvalue weighted by molar-refractivity contribution is 5.51. The first-order valence-electron chi connectivity index (χ1n) is 8.50. The second-order valence-corrected chi connectivity index (χ2v) is 6.11. The Morgan fingerprint density at radius 1 is 0.857 bits per heavy atom. The lowest BCUT2D eigenvalue weighted by molar-refractivity contribution is 0.301. The van der Waals surface area contributed by atoms with Crippen molar-refractivity contribution in [3.8, 4) is 11.5 Å². The van der Waals surface area contributed by atoms with Crippen LogP contribution in [0.4, 0.5) is 0 Å². The zero-order valence-electron chi connectivity index (χ0n) is 14.3. The van der Waals surface area contributed by atoms with Crippen molar-refractivity contribution in [2.75, 3.05) is 6.61 Å². The fraction of sp³-hybridized carbons (Fsp3) is 0.684. The Labute approximate surface area is 130 Å². The minimum absolute atomic E-state index is 0.395. The molecule has 0 heterocycles. The molecule has 2 heteroatoms. The molecule has 0 saturated carbocycles. The molecule has 21 heavy (non-hydrogen) atoms. The third-order valence-electron chi connectivity index (χ3n) is 4.26. The summed E-state index contributed by atoms with van der Waals surface area (Å²) in [5.41, 5.74) is 2.88. The number of ether oxygens (including phenoxy) is 1. The van der Waals surface area contributed by atoms with Crippen molar-refractivity contribution in [1.82, 2.24) is 0 Å². The molecule has 1 aromatic rings. The summed E-state index contributed by atoms with van der Waals surface area (Å²) in [6, 6.07) is 1.95. The molecule has 0 aliphatic heterocycles. The monoisotopic (exact) mass is 292 g/mol. The molecule has 0 saturated heterocycles. The van der Waals surface area contributed by atoms with Crippen molar-refractivity contribution < 1.29 is 9.84 Å². The highest BCUT2D eigenvalue weighted by atomic mass is 16.5. The van der Waals surface area contributed by atoms with E-state index in [0.29, 0.717) is 5.75 Å². The highest BCUT2D eigenvalue weighted by Gasteiger charge is 2.09. The number of hydrogen-bond donors (Lipinski definition) is 1. The number of rotatable bonds is 10. The number of unbranched alkanes of at least 4 members (excludes halogenated alkanes) is 7. The summed E-state index contributed by atoms with van der Waals surface area (Å²) in [6.45, 7) is 8.91.